The number of aryl methyl sites for hydroxylation is 4. The highest BCUT2D eigenvalue weighted by molar-refractivity contribution is 7.30. The Morgan fingerprint density at radius 3 is 0.981 bits per heavy atom. The predicted octanol–water partition coefficient (Wildman–Crippen LogP) is 14.5. The molecular weight excluding hydrogens is 743 g/mol. The average Bonchev–Trinajstić information content (AvgIpc) is 4.01. The Balaban J connectivity index is 1.38. The van der Waals surface area contributed by atoms with Crippen molar-refractivity contribution in [2.24, 2.45) is 0 Å². The van der Waals surface area contributed by atoms with Gasteiger partial charge in [0.1, 0.15) is 11.6 Å². The van der Waals surface area contributed by atoms with E-state index in [0.29, 0.717) is 22.3 Å². The molecule has 5 aromatic carbocycles. The van der Waals surface area contributed by atoms with E-state index in [9.17, 15) is 0 Å². The Morgan fingerprint density at radius 2 is 0.685 bits per heavy atom. The van der Waals surface area contributed by atoms with Crippen LogP contribution in [0.4, 0.5) is 8.78 Å². The van der Waals surface area contributed by atoms with E-state index >= 15 is 8.78 Å². The minimum absolute atomic E-state index is 0.327. The first-order valence-corrected chi connectivity index (χ1v) is 21.5. The molecule has 0 aliphatic heterocycles. The molecule has 4 heterocycles. The molecule has 0 spiro atoms. The lowest BCUT2D eigenvalue weighted by Gasteiger charge is -2.36. The summed E-state index contributed by atoms with van der Waals surface area (Å²) < 4.78 is 42.6. The Hall–Kier alpha value is -4.72. The van der Waals surface area contributed by atoms with Gasteiger partial charge in [0.15, 0.2) is 0 Å². The third-order valence-electron chi connectivity index (χ3n) is 11.9. The Bertz CT molecular complexity index is 2670. The number of halogens is 2. The van der Waals surface area contributed by atoms with Crippen LogP contribution in [0.25, 0.3) is 39.7 Å². The van der Waals surface area contributed by atoms with Crippen molar-refractivity contribution < 1.29 is 8.78 Å². The van der Waals surface area contributed by atoms with Crippen molar-refractivity contribution >= 4 is 64.1 Å². The lowest BCUT2D eigenvalue weighted by Crippen LogP contribution is -2.32. The largest absolute Gasteiger partial charge is 0.206 e. The van der Waals surface area contributed by atoms with E-state index in [1.165, 1.54) is 0 Å². The lowest BCUT2D eigenvalue weighted by molar-refractivity contribution is 0.559. The van der Waals surface area contributed by atoms with Gasteiger partial charge >= 0.3 is 0 Å². The molecule has 9 aromatic rings. The Labute approximate surface area is 328 Å². The number of rotatable bonds is 4. The van der Waals surface area contributed by atoms with Crippen LogP contribution in [0.3, 0.4) is 0 Å². The molecule has 0 N–H and O–H groups in total. The smallest absolute Gasteiger partial charge is 0.137 e. The third kappa shape index (κ3) is 3.99. The topological polar surface area (TPSA) is 0 Å². The van der Waals surface area contributed by atoms with Gasteiger partial charge < -0.3 is 0 Å². The summed E-state index contributed by atoms with van der Waals surface area (Å²) in [7, 11) is 0. The van der Waals surface area contributed by atoms with E-state index in [2.05, 4.69) is 148 Å². The van der Waals surface area contributed by atoms with Crippen molar-refractivity contribution in [1.29, 1.82) is 0 Å². The number of thiophene rings is 4. The minimum atomic E-state index is -1.08. The molecule has 0 fully saturated rings. The molecular formula is C48H32F2S4. The first-order chi connectivity index (χ1) is 26.2. The van der Waals surface area contributed by atoms with E-state index in [1.54, 1.807) is 45.3 Å². The van der Waals surface area contributed by atoms with E-state index < -0.39 is 10.8 Å². The Morgan fingerprint density at radius 1 is 0.389 bits per heavy atom. The summed E-state index contributed by atoms with van der Waals surface area (Å²) in [5.41, 5.74) is 9.71. The lowest BCUT2D eigenvalue weighted by atomic mass is 9.65. The van der Waals surface area contributed by atoms with Gasteiger partial charge in [-0.25, -0.2) is 8.78 Å². The summed E-state index contributed by atoms with van der Waals surface area (Å²) in [4.78, 5) is 1.65. The van der Waals surface area contributed by atoms with Crippen LogP contribution in [0.5, 0.6) is 0 Å². The van der Waals surface area contributed by atoms with Crippen molar-refractivity contribution in [3.8, 4) is 20.9 Å². The van der Waals surface area contributed by atoms with Gasteiger partial charge in [0.25, 0.3) is 0 Å². The first-order valence-electron chi connectivity index (χ1n) is 18.1. The predicted molar refractivity (Wildman–Crippen MR) is 226 cm³/mol. The van der Waals surface area contributed by atoms with Crippen LogP contribution in [0.1, 0.15) is 66.8 Å². The van der Waals surface area contributed by atoms with E-state index in [4.69, 9.17) is 0 Å². The van der Waals surface area contributed by atoms with Crippen LogP contribution in [0, 0.1) is 39.3 Å². The molecule has 0 atom stereocenters. The summed E-state index contributed by atoms with van der Waals surface area (Å²) in [6.45, 7) is 8.30. The van der Waals surface area contributed by atoms with E-state index in [1.807, 2.05) is 0 Å². The van der Waals surface area contributed by atoms with Gasteiger partial charge in [-0.05, 0) is 72.8 Å². The van der Waals surface area contributed by atoms with Crippen molar-refractivity contribution in [3.63, 3.8) is 0 Å². The number of fused-ring (bicyclic) bond motifs is 10. The van der Waals surface area contributed by atoms with E-state index in [0.717, 1.165) is 84.2 Å². The van der Waals surface area contributed by atoms with Gasteiger partial charge in [-0.15, -0.1) is 45.3 Å². The van der Waals surface area contributed by atoms with E-state index in [-0.39, 0.29) is 11.6 Å². The zero-order chi connectivity index (χ0) is 36.7. The molecule has 0 unspecified atom stereocenters. The molecule has 6 heteroatoms. The van der Waals surface area contributed by atoms with Crippen LogP contribution < -0.4 is 0 Å². The van der Waals surface area contributed by atoms with Crippen LogP contribution in [0.2, 0.25) is 0 Å². The van der Waals surface area contributed by atoms with Crippen molar-refractivity contribution in [2.45, 2.75) is 38.5 Å². The normalized spacial score (nSPS) is 14.8. The van der Waals surface area contributed by atoms with Crippen molar-refractivity contribution in [1.82, 2.24) is 0 Å². The fraction of sp³-hybridized carbons (Fsp3) is 0.125. The molecule has 4 aromatic heterocycles. The number of hydrogen-bond donors (Lipinski definition) is 0. The van der Waals surface area contributed by atoms with Gasteiger partial charge in [0, 0.05) is 52.5 Å². The SMILES string of the molecule is Cc1ccc(C2(c3ccc(C)cc3)c3c(F)c4c(c(F)c3-c3sc5ccsc5c32)C(c2ccc(C)cc2)(c2ccc(C)cc2)c2c-4sc3ccsc23)cc1. The number of hydrogen-bond acceptors (Lipinski definition) is 4. The number of benzene rings is 5. The second-order valence-electron chi connectivity index (χ2n) is 14.9. The maximum atomic E-state index is 19.1. The Kier molecular flexibility index (Phi) is 6.90. The second kappa shape index (κ2) is 11.4. The molecule has 2 aliphatic carbocycles. The first kappa shape index (κ1) is 32.7. The fourth-order valence-corrected chi connectivity index (χ4v) is 14.5. The van der Waals surface area contributed by atoms with Gasteiger partial charge in [-0.1, -0.05) is 119 Å². The molecule has 0 nitrogen and oxygen atoms in total. The molecule has 11 rings (SSSR count). The molecule has 2 aliphatic rings. The molecule has 0 radical (unpaired) electrons. The zero-order valence-corrected chi connectivity index (χ0v) is 33.2. The van der Waals surface area contributed by atoms with Crippen molar-refractivity contribution in [3.05, 3.63) is 198 Å². The zero-order valence-electron chi connectivity index (χ0n) is 29.9. The van der Waals surface area contributed by atoms with Crippen LogP contribution in [0.15, 0.2) is 120 Å². The summed E-state index contributed by atoms with van der Waals surface area (Å²) in [5, 5.41) is 4.22. The molecule has 0 amide bonds. The maximum absolute atomic E-state index is 19.1. The third-order valence-corrected chi connectivity index (χ3v) is 16.3. The quantitative estimate of drug-likeness (QED) is 0.167. The molecule has 54 heavy (non-hydrogen) atoms. The highest BCUT2D eigenvalue weighted by Gasteiger charge is 2.58. The summed E-state index contributed by atoms with van der Waals surface area (Å²) in [5.74, 6) is -0.654. The summed E-state index contributed by atoms with van der Waals surface area (Å²) in [6.07, 6.45) is 0. The van der Waals surface area contributed by atoms with Crippen molar-refractivity contribution in [2.75, 3.05) is 0 Å². The monoisotopic (exact) mass is 774 g/mol. The second-order valence-corrected chi connectivity index (χ2v) is 18.9. The highest BCUT2D eigenvalue weighted by atomic mass is 32.1. The van der Waals surface area contributed by atoms with Crippen LogP contribution >= 0.6 is 45.3 Å². The minimum Gasteiger partial charge on any atom is -0.206 e. The fourth-order valence-electron chi connectivity index (χ4n) is 9.45. The maximum Gasteiger partial charge on any atom is 0.137 e. The van der Waals surface area contributed by atoms with Gasteiger partial charge in [-0.3, -0.25) is 0 Å². The standard InChI is InChI=1S/C48H32F2S4/c1-25-5-13-29(14-6-25)47(30-15-7-26(2)8-16-30)37-35(45-39(47)43-33(53-45)21-23-51-43)42(50)38-36(41(37)49)46-40(44-34(54-46)22-24-52-44)48(38,31-17-9-27(3)10-18-31)32-19-11-28(4)12-20-32/h5-24H,1-4H3. The average molecular weight is 775 g/mol. The van der Waals surface area contributed by atoms with Crippen LogP contribution in [-0.4, -0.2) is 0 Å². The van der Waals surface area contributed by atoms with Crippen LogP contribution in [-0.2, 0) is 10.8 Å². The summed E-state index contributed by atoms with van der Waals surface area (Å²) in [6, 6.07) is 38.1. The summed E-state index contributed by atoms with van der Waals surface area (Å²) >= 11 is 6.52. The molecule has 0 saturated carbocycles. The van der Waals surface area contributed by atoms with Gasteiger partial charge in [0.2, 0.25) is 0 Å². The molecule has 262 valence electrons. The molecule has 0 saturated heterocycles. The molecule has 0 bridgehead atoms. The highest BCUT2D eigenvalue weighted by Crippen LogP contribution is 2.69. The van der Waals surface area contributed by atoms with Gasteiger partial charge in [0.05, 0.1) is 20.2 Å². The van der Waals surface area contributed by atoms with Gasteiger partial charge in [-0.2, -0.15) is 0 Å².